The van der Waals surface area contributed by atoms with E-state index in [1.165, 1.54) is 0 Å². The summed E-state index contributed by atoms with van der Waals surface area (Å²) in [5, 5.41) is 4.07. The maximum atomic E-state index is 12.0. The molecule has 2 aromatic rings. The van der Waals surface area contributed by atoms with Crippen LogP contribution < -0.4 is 10.2 Å². The Morgan fingerprint density at radius 3 is 2.43 bits per heavy atom. The fourth-order valence-electron chi connectivity index (χ4n) is 2.50. The molecule has 0 unspecified atom stereocenters. The van der Waals surface area contributed by atoms with Crippen LogP contribution >= 0.6 is 0 Å². The third-order valence-electron chi connectivity index (χ3n) is 3.95. The molecule has 146 valence electrons. The summed E-state index contributed by atoms with van der Waals surface area (Å²) in [5.74, 6) is 0.424. The number of carbonyl (C=O) groups excluding carboxylic acids is 1. The lowest BCUT2D eigenvalue weighted by molar-refractivity contribution is -0.123. The number of hydrazone groups is 1. The molecule has 0 radical (unpaired) electrons. The minimum atomic E-state index is -0.295. The van der Waals surface area contributed by atoms with Crippen molar-refractivity contribution < 1.29 is 9.53 Å². The minimum Gasteiger partial charge on any atom is -0.483 e. The van der Waals surface area contributed by atoms with Crippen molar-refractivity contribution in [3.8, 4) is 5.75 Å². The van der Waals surface area contributed by atoms with Crippen LogP contribution in [0.15, 0.2) is 77.9 Å². The Kier molecular flexibility index (Phi) is 7.76. The summed E-state index contributed by atoms with van der Waals surface area (Å²) < 4.78 is 5.69. The molecule has 0 saturated carbocycles. The maximum Gasteiger partial charge on any atom is 0.277 e. The predicted molar refractivity (Wildman–Crippen MR) is 117 cm³/mol. The van der Waals surface area contributed by atoms with Crippen molar-refractivity contribution in [2.45, 2.75) is 33.1 Å². The van der Waals surface area contributed by atoms with Crippen LogP contribution in [0.1, 0.15) is 38.8 Å². The van der Waals surface area contributed by atoms with E-state index in [0.717, 1.165) is 16.9 Å². The monoisotopic (exact) mass is 376 g/mol. The first-order valence-electron chi connectivity index (χ1n) is 9.31. The molecule has 0 spiro atoms. The van der Waals surface area contributed by atoms with Crippen LogP contribution in [0, 0.1) is 0 Å². The lowest BCUT2D eigenvalue weighted by Crippen LogP contribution is -2.26. The van der Waals surface area contributed by atoms with Crippen molar-refractivity contribution in [2.75, 3.05) is 6.61 Å². The Bertz CT molecular complexity index is 860. The van der Waals surface area contributed by atoms with Gasteiger partial charge in [-0.05, 0) is 35.6 Å². The standard InChI is InChI=1S/C24H28N2O2/c1-19(12-8-9-15-20-13-6-5-7-14-20)25-26-23(27)18-28-22-17-11-10-16-21(22)24(2,3)4/h5-17H,18H2,1-4H3,(H,26,27)/b12-8+,15-9+,25-19-. The van der Waals surface area contributed by atoms with Crippen LogP contribution in [0.4, 0.5) is 0 Å². The summed E-state index contributed by atoms with van der Waals surface area (Å²) in [7, 11) is 0. The van der Waals surface area contributed by atoms with Crippen molar-refractivity contribution in [3.63, 3.8) is 0 Å². The maximum absolute atomic E-state index is 12.0. The lowest BCUT2D eigenvalue weighted by atomic mass is 9.86. The Balaban J connectivity index is 1.83. The van der Waals surface area contributed by atoms with Crippen LogP contribution in [0.5, 0.6) is 5.75 Å². The topological polar surface area (TPSA) is 50.7 Å². The van der Waals surface area contributed by atoms with E-state index in [2.05, 4.69) is 31.3 Å². The number of nitrogens with one attached hydrogen (secondary N) is 1. The smallest absolute Gasteiger partial charge is 0.277 e. The summed E-state index contributed by atoms with van der Waals surface area (Å²) in [4.78, 5) is 12.0. The average molecular weight is 377 g/mol. The van der Waals surface area contributed by atoms with E-state index in [1.54, 1.807) is 0 Å². The Morgan fingerprint density at radius 2 is 1.71 bits per heavy atom. The van der Waals surface area contributed by atoms with Gasteiger partial charge in [-0.2, -0.15) is 5.10 Å². The molecule has 0 aliphatic carbocycles. The Labute approximate surface area is 167 Å². The average Bonchev–Trinajstić information content (AvgIpc) is 2.68. The first kappa shape index (κ1) is 21.2. The second kappa shape index (κ2) is 10.3. The van der Waals surface area contributed by atoms with E-state index in [-0.39, 0.29) is 17.9 Å². The van der Waals surface area contributed by atoms with Gasteiger partial charge in [0.1, 0.15) is 5.75 Å². The van der Waals surface area contributed by atoms with Gasteiger partial charge in [-0.15, -0.1) is 0 Å². The van der Waals surface area contributed by atoms with Gasteiger partial charge < -0.3 is 4.74 Å². The van der Waals surface area contributed by atoms with Crippen molar-refractivity contribution in [3.05, 3.63) is 84.0 Å². The van der Waals surface area contributed by atoms with Gasteiger partial charge in [0.05, 0.1) is 5.71 Å². The zero-order chi connectivity index (χ0) is 20.4. The molecule has 0 heterocycles. The van der Waals surface area contributed by atoms with Crippen molar-refractivity contribution in [1.82, 2.24) is 5.43 Å². The number of amides is 1. The number of hydrogen-bond donors (Lipinski definition) is 1. The number of rotatable bonds is 7. The fourth-order valence-corrected chi connectivity index (χ4v) is 2.50. The van der Waals surface area contributed by atoms with E-state index in [4.69, 9.17) is 4.74 Å². The molecule has 0 fully saturated rings. The molecule has 2 aromatic carbocycles. The second-order valence-corrected chi connectivity index (χ2v) is 7.45. The Morgan fingerprint density at radius 1 is 1.04 bits per heavy atom. The van der Waals surface area contributed by atoms with E-state index < -0.39 is 0 Å². The highest BCUT2D eigenvalue weighted by Crippen LogP contribution is 2.30. The molecule has 4 heteroatoms. The molecule has 0 bridgehead atoms. The SMILES string of the molecule is CC(/C=C/C=C/c1ccccc1)=N/NC(=O)COc1ccccc1C(C)(C)C. The number of ether oxygens (including phenoxy) is 1. The van der Waals surface area contributed by atoms with E-state index in [9.17, 15) is 4.79 Å². The lowest BCUT2D eigenvalue weighted by Gasteiger charge is -2.22. The van der Waals surface area contributed by atoms with Gasteiger partial charge in [-0.25, -0.2) is 5.43 Å². The molecule has 0 saturated heterocycles. The fraction of sp³-hybridized carbons (Fsp3) is 0.250. The quantitative estimate of drug-likeness (QED) is 0.414. The number of para-hydroxylation sites is 1. The molecule has 0 atom stereocenters. The van der Waals surface area contributed by atoms with Gasteiger partial charge >= 0.3 is 0 Å². The summed E-state index contributed by atoms with van der Waals surface area (Å²) >= 11 is 0. The van der Waals surface area contributed by atoms with E-state index in [0.29, 0.717) is 5.71 Å². The number of nitrogens with zero attached hydrogens (tertiary/aromatic N) is 1. The van der Waals surface area contributed by atoms with E-state index in [1.807, 2.05) is 85.8 Å². The van der Waals surface area contributed by atoms with Gasteiger partial charge in [-0.1, -0.05) is 87.5 Å². The normalized spacial score (nSPS) is 12.5. The van der Waals surface area contributed by atoms with Crippen molar-refractivity contribution in [2.24, 2.45) is 5.10 Å². The molecule has 28 heavy (non-hydrogen) atoms. The molecule has 0 aliphatic heterocycles. The summed E-state index contributed by atoms with van der Waals surface area (Å²) in [5.41, 5.74) is 5.35. The summed E-state index contributed by atoms with van der Waals surface area (Å²) in [6, 6.07) is 17.8. The van der Waals surface area contributed by atoms with Crippen LogP contribution in [0.25, 0.3) is 6.08 Å². The first-order chi connectivity index (χ1) is 13.4. The van der Waals surface area contributed by atoms with Crippen LogP contribution in [0.2, 0.25) is 0 Å². The van der Waals surface area contributed by atoms with Gasteiger partial charge in [0.25, 0.3) is 5.91 Å². The highest BCUT2D eigenvalue weighted by molar-refractivity contribution is 5.94. The second-order valence-electron chi connectivity index (χ2n) is 7.45. The summed E-state index contributed by atoms with van der Waals surface area (Å²) in [6.45, 7) is 8.08. The van der Waals surface area contributed by atoms with E-state index >= 15 is 0 Å². The molecule has 0 aliphatic rings. The van der Waals surface area contributed by atoms with Crippen LogP contribution in [0.3, 0.4) is 0 Å². The minimum absolute atomic E-state index is 0.0557. The van der Waals surface area contributed by atoms with Crippen molar-refractivity contribution >= 4 is 17.7 Å². The molecule has 1 amide bonds. The van der Waals surface area contributed by atoms with Gasteiger partial charge in [0.2, 0.25) is 0 Å². The summed E-state index contributed by atoms with van der Waals surface area (Å²) in [6.07, 6.45) is 7.65. The number of carbonyl (C=O) groups is 1. The molecule has 2 rings (SSSR count). The van der Waals surface area contributed by atoms with Crippen molar-refractivity contribution in [1.29, 1.82) is 0 Å². The Hall–Kier alpha value is -3.14. The van der Waals surface area contributed by atoms with Crippen LogP contribution in [-0.4, -0.2) is 18.2 Å². The zero-order valence-electron chi connectivity index (χ0n) is 17.0. The third-order valence-corrected chi connectivity index (χ3v) is 3.95. The first-order valence-corrected chi connectivity index (χ1v) is 9.31. The van der Waals surface area contributed by atoms with Gasteiger partial charge in [0.15, 0.2) is 6.61 Å². The van der Waals surface area contributed by atoms with Crippen LogP contribution in [-0.2, 0) is 10.2 Å². The molecular formula is C24H28N2O2. The predicted octanol–water partition coefficient (Wildman–Crippen LogP) is 5.12. The van der Waals surface area contributed by atoms with Gasteiger partial charge in [0, 0.05) is 0 Å². The highest BCUT2D eigenvalue weighted by atomic mass is 16.5. The number of benzene rings is 2. The molecule has 1 N–H and O–H groups in total. The number of allylic oxidation sites excluding steroid dienone is 3. The largest absolute Gasteiger partial charge is 0.483 e. The molecule has 4 nitrogen and oxygen atoms in total. The molecule has 0 aromatic heterocycles. The zero-order valence-corrected chi connectivity index (χ0v) is 17.0. The highest BCUT2D eigenvalue weighted by Gasteiger charge is 2.18. The third kappa shape index (κ3) is 7.23. The van der Waals surface area contributed by atoms with Gasteiger partial charge in [-0.3, -0.25) is 4.79 Å². The molecular weight excluding hydrogens is 348 g/mol. The number of hydrogen-bond acceptors (Lipinski definition) is 3.